The molecule has 0 radical (unpaired) electrons. The largest absolute Gasteiger partial charge is 0.494 e. The topological polar surface area (TPSA) is 25.4 Å². The maximum Gasteiger partial charge on any atom is 0.145 e. The molecule has 2 aliphatic heterocycles. The number of anilines is 1. The van der Waals surface area contributed by atoms with E-state index in [0.717, 1.165) is 29.0 Å². The van der Waals surface area contributed by atoms with Gasteiger partial charge in [-0.15, -0.1) is 0 Å². The van der Waals surface area contributed by atoms with Gasteiger partial charge < -0.3 is 9.64 Å². The molecule has 0 amide bonds. The van der Waals surface area contributed by atoms with Crippen LogP contribution in [0.4, 0.5) is 5.69 Å². The first-order valence-electron chi connectivity index (χ1n) is 8.00. The molecule has 2 saturated heterocycles. The Morgan fingerprint density at radius 2 is 1.90 bits per heavy atom. The van der Waals surface area contributed by atoms with Crippen molar-refractivity contribution in [3.8, 4) is 5.75 Å². The molecule has 0 aliphatic carbocycles. The van der Waals surface area contributed by atoms with Gasteiger partial charge >= 0.3 is 0 Å². The van der Waals surface area contributed by atoms with Crippen LogP contribution in [0.25, 0.3) is 10.9 Å². The van der Waals surface area contributed by atoms with Crippen LogP contribution in [-0.4, -0.2) is 24.2 Å². The molecule has 0 saturated carbocycles. The van der Waals surface area contributed by atoms with Gasteiger partial charge in [0.1, 0.15) is 11.3 Å². The third-order valence-corrected chi connectivity index (χ3v) is 5.10. The number of piperidine rings is 1. The van der Waals surface area contributed by atoms with Crippen molar-refractivity contribution in [2.45, 2.75) is 51.1 Å². The van der Waals surface area contributed by atoms with Gasteiger partial charge in [-0.1, -0.05) is 12.1 Å². The Bertz CT molecular complexity index is 666. The number of fused-ring (bicyclic) bond motifs is 3. The molecule has 2 aromatic rings. The molecule has 2 fully saturated rings. The lowest BCUT2D eigenvalue weighted by atomic mass is 10.0. The Morgan fingerprint density at radius 3 is 2.62 bits per heavy atom. The summed E-state index contributed by atoms with van der Waals surface area (Å²) in [5.74, 6) is 0.877. The van der Waals surface area contributed by atoms with Crippen molar-refractivity contribution in [2.24, 2.45) is 0 Å². The zero-order valence-electron chi connectivity index (χ0n) is 12.8. The number of pyridine rings is 1. The average Bonchev–Trinajstić information content (AvgIpc) is 2.74. The van der Waals surface area contributed by atoms with Gasteiger partial charge in [0.2, 0.25) is 0 Å². The average molecular weight is 282 g/mol. The second-order valence-electron chi connectivity index (χ2n) is 6.36. The number of ether oxygens (including phenoxy) is 1. The molecule has 2 bridgehead atoms. The van der Waals surface area contributed by atoms with Gasteiger partial charge in [0, 0.05) is 28.9 Å². The Balaban J connectivity index is 1.92. The smallest absolute Gasteiger partial charge is 0.145 e. The number of rotatable bonds is 2. The van der Waals surface area contributed by atoms with Crippen molar-refractivity contribution in [3.05, 3.63) is 30.0 Å². The van der Waals surface area contributed by atoms with E-state index in [2.05, 4.69) is 30.0 Å². The van der Waals surface area contributed by atoms with Gasteiger partial charge in [0.05, 0.1) is 7.11 Å². The zero-order valence-corrected chi connectivity index (χ0v) is 12.8. The fourth-order valence-corrected chi connectivity index (χ4v) is 4.22. The molecule has 3 heteroatoms. The summed E-state index contributed by atoms with van der Waals surface area (Å²) in [5, 5.41) is 1.23. The third kappa shape index (κ3) is 1.98. The summed E-state index contributed by atoms with van der Waals surface area (Å²) in [6, 6.07) is 9.98. The molecule has 2 unspecified atom stereocenters. The van der Waals surface area contributed by atoms with E-state index in [4.69, 9.17) is 9.72 Å². The third-order valence-electron chi connectivity index (χ3n) is 5.10. The highest BCUT2D eigenvalue weighted by Gasteiger charge is 2.37. The summed E-state index contributed by atoms with van der Waals surface area (Å²) in [4.78, 5) is 7.40. The van der Waals surface area contributed by atoms with Gasteiger partial charge in [-0.05, 0) is 51.2 Å². The minimum atomic E-state index is 0.722. The minimum Gasteiger partial charge on any atom is -0.494 e. The highest BCUT2D eigenvalue weighted by atomic mass is 16.5. The van der Waals surface area contributed by atoms with E-state index in [1.54, 1.807) is 7.11 Å². The van der Waals surface area contributed by atoms with Gasteiger partial charge in [0.15, 0.2) is 0 Å². The fraction of sp³-hybridized carbons (Fsp3) is 0.500. The summed E-state index contributed by atoms with van der Waals surface area (Å²) < 4.78 is 5.51. The second kappa shape index (κ2) is 4.90. The number of aryl methyl sites for hydroxylation is 1. The lowest BCUT2D eigenvalue weighted by Gasteiger charge is -2.37. The molecule has 2 atom stereocenters. The Kier molecular flexibility index (Phi) is 3.02. The van der Waals surface area contributed by atoms with E-state index in [0.29, 0.717) is 0 Å². The predicted molar refractivity (Wildman–Crippen MR) is 86.2 cm³/mol. The number of benzene rings is 1. The normalized spacial score (nSPS) is 24.6. The molecule has 110 valence electrons. The minimum absolute atomic E-state index is 0.722. The van der Waals surface area contributed by atoms with Crippen LogP contribution in [-0.2, 0) is 0 Å². The van der Waals surface area contributed by atoms with Crippen molar-refractivity contribution >= 4 is 16.6 Å². The van der Waals surface area contributed by atoms with Crippen LogP contribution in [0.3, 0.4) is 0 Å². The summed E-state index contributed by atoms with van der Waals surface area (Å²) in [6.07, 6.45) is 6.75. The van der Waals surface area contributed by atoms with Crippen molar-refractivity contribution in [3.63, 3.8) is 0 Å². The second-order valence-corrected chi connectivity index (χ2v) is 6.36. The van der Waals surface area contributed by atoms with Crippen LogP contribution in [0.2, 0.25) is 0 Å². The Labute approximate surface area is 125 Å². The Hall–Kier alpha value is -1.77. The maximum absolute atomic E-state index is 5.51. The number of methoxy groups -OCH3 is 1. The van der Waals surface area contributed by atoms with Gasteiger partial charge in [-0.2, -0.15) is 0 Å². The molecule has 3 nitrogen and oxygen atoms in total. The van der Waals surface area contributed by atoms with Gasteiger partial charge in [-0.25, -0.2) is 4.98 Å². The van der Waals surface area contributed by atoms with Crippen molar-refractivity contribution in [1.82, 2.24) is 4.98 Å². The molecular weight excluding hydrogens is 260 g/mol. The highest BCUT2D eigenvalue weighted by Crippen LogP contribution is 2.42. The van der Waals surface area contributed by atoms with E-state index in [9.17, 15) is 0 Å². The molecular formula is C18H22N2O. The molecule has 1 aromatic heterocycles. The summed E-state index contributed by atoms with van der Waals surface area (Å²) in [7, 11) is 1.73. The van der Waals surface area contributed by atoms with E-state index in [1.807, 2.05) is 6.07 Å². The number of nitrogens with zero attached hydrogens (tertiary/aromatic N) is 2. The molecule has 0 spiro atoms. The first-order chi connectivity index (χ1) is 10.3. The quantitative estimate of drug-likeness (QED) is 0.830. The predicted octanol–water partition coefficient (Wildman–Crippen LogP) is 4.07. The summed E-state index contributed by atoms with van der Waals surface area (Å²) in [5.41, 5.74) is 3.44. The lowest BCUT2D eigenvalue weighted by molar-refractivity contribution is 0.418. The Morgan fingerprint density at radius 1 is 1.14 bits per heavy atom. The molecule has 0 N–H and O–H groups in total. The van der Waals surface area contributed by atoms with Crippen molar-refractivity contribution < 1.29 is 4.74 Å². The monoisotopic (exact) mass is 282 g/mol. The highest BCUT2D eigenvalue weighted by molar-refractivity contribution is 5.96. The molecule has 1 aromatic carbocycles. The molecule has 3 heterocycles. The fourth-order valence-electron chi connectivity index (χ4n) is 4.22. The standard InChI is InChI=1S/C18H22N2O/c1-12-11-16(20-13-5-3-6-14(20)10-9-13)15-7-4-8-17(21-2)18(15)19-12/h4,7-8,11,13-14H,3,5-6,9-10H2,1-2H3. The number of hydrogen-bond acceptors (Lipinski definition) is 3. The van der Waals surface area contributed by atoms with Crippen LogP contribution in [0.5, 0.6) is 5.75 Å². The van der Waals surface area contributed by atoms with Crippen LogP contribution < -0.4 is 9.64 Å². The van der Waals surface area contributed by atoms with Crippen LogP contribution in [0.15, 0.2) is 24.3 Å². The first-order valence-corrected chi connectivity index (χ1v) is 8.00. The van der Waals surface area contributed by atoms with E-state index < -0.39 is 0 Å². The van der Waals surface area contributed by atoms with Gasteiger partial charge in [0.25, 0.3) is 0 Å². The maximum atomic E-state index is 5.51. The zero-order chi connectivity index (χ0) is 14.4. The number of hydrogen-bond donors (Lipinski definition) is 0. The first kappa shape index (κ1) is 12.9. The number of para-hydroxylation sites is 1. The van der Waals surface area contributed by atoms with Crippen LogP contribution in [0.1, 0.15) is 37.8 Å². The van der Waals surface area contributed by atoms with E-state index in [-0.39, 0.29) is 0 Å². The van der Waals surface area contributed by atoms with E-state index in [1.165, 1.54) is 43.2 Å². The summed E-state index contributed by atoms with van der Waals surface area (Å²) >= 11 is 0. The van der Waals surface area contributed by atoms with Crippen molar-refractivity contribution in [2.75, 3.05) is 12.0 Å². The number of aromatic nitrogens is 1. The lowest BCUT2D eigenvalue weighted by Crippen LogP contribution is -2.39. The summed E-state index contributed by atoms with van der Waals surface area (Å²) in [6.45, 7) is 2.08. The van der Waals surface area contributed by atoms with Gasteiger partial charge in [-0.3, -0.25) is 0 Å². The van der Waals surface area contributed by atoms with Crippen LogP contribution in [0, 0.1) is 6.92 Å². The SMILES string of the molecule is COc1cccc2c(N3C4CCCC3CC4)cc(C)nc12. The van der Waals surface area contributed by atoms with Crippen LogP contribution >= 0.6 is 0 Å². The molecule has 2 aliphatic rings. The van der Waals surface area contributed by atoms with Crippen molar-refractivity contribution in [1.29, 1.82) is 0 Å². The molecule has 4 rings (SSSR count). The molecule has 21 heavy (non-hydrogen) atoms. The van der Waals surface area contributed by atoms with E-state index >= 15 is 0 Å².